The Balaban J connectivity index is 2.31. The van der Waals surface area contributed by atoms with Crippen molar-refractivity contribution in [2.75, 3.05) is 6.56 Å². The van der Waals surface area contributed by atoms with E-state index in [1.165, 1.54) is 0 Å². The summed E-state index contributed by atoms with van der Waals surface area (Å²) in [5.41, 5.74) is 1.27. The van der Waals surface area contributed by atoms with Gasteiger partial charge in [-0.2, -0.15) is 0 Å². The number of hydrogen-bond acceptors (Lipinski definition) is 3. The first-order valence-corrected chi connectivity index (χ1v) is 4.70. The summed E-state index contributed by atoms with van der Waals surface area (Å²) in [5, 5.41) is 9.13. The molecule has 0 atom stereocenters. The number of aromatic nitrogens is 1. The fraction of sp³-hybridized carbons (Fsp3) is 0.250. The van der Waals surface area contributed by atoms with Gasteiger partial charge in [0.2, 0.25) is 5.89 Å². The number of hydrogen-bond donors (Lipinski definition) is 1. The van der Waals surface area contributed by atoms with Crippen LogP contribution in [0.25, 0.3) is 11.5 Å². The highest BCUT2D eigenvalue weighted by Gasteiger charge is 2.09. The Morgan fingerprint density at radius 1 is 1.40 bits per heavy atom. The van der Waals surface area contributed by atoms with Crippen molar-refractivity contribution in [3.05, 3.63) is 41.8 Å². The van der Waals surface area contributed by atoms with E-state index < -0.39 is 6.56 Å². The Bertz CT molecular complexity index is 503. The minimum absolute atomic E-state index is 0.171. The van der Waals surface area contributed by atoms with Gasteiger partial charge in [0, 0.05) is 18.5 Å². The Hall–Kier alpha value is -1.61. The summed E-state index contributed by atoms with van der Waals surface area (Å²) in [7, 11) is 0. The number of benzene rings is 1. The third-order valence-electron chi connectivity index (χ3n) is 2.16. The first-order valence-electron chi connectivity index (χ1n) is 5.70. The fourth-order valence-corrected chi connectivity index (χ4v) is 1.37. The van der Waals surface area contributed by atoms with Crippen LogP contribution < -0.4 is 0 Å². The maximum Gasteiger partial charge on any atom is 0.226 e. The molecule has 0 saturated heterocycles. The van der Waals surface area contributed by atoms with Gasteiger partial charge in [-0.15, -0.1) is 0 Å². The molecule has 1 N–H and O–H groups in total. The second kappa shape index (κ2) is 4.28. The third-order valence-corrected chi connectivity index (χ3v) is 2.16. The molecule has 0 saturated carbocycles. The second-order valence-corrected chi connectivity index (χ2v) is 3.22. The van der Waals surface area contributed by atoms with Gasteiger partial charge in [0.15, 0.2) is 0 Å². The second-order valence-electron chi connectivity index (χ2n) is 3.22. The van der Waals surface area contributed by atoms with Crippen molar-refractivity contribution in [2.24, 2.45) is 0 Å². The van der Waals surface area contributed by atoms with Gasteiger partial charge < -0.3 is 9.52 Å². The molecule has 1 aromatic heterocycles. The molecule has 0 amide bonds. The molecule has 2 aromatic rings. The Morgan fingerprint density at radius 3 is 2.80 bits per heavy atom. The Labute approximate surface area is 91.2 Å². The third kappa shape index (κ3) is 2.07. The number of aryl methyl sites for hydroxylation is 2. The predicted octanol–water partition coefficient (Wildman–Crippen LogP) is 2.18. The van der Waals surface area contributed by atoms with Gasteiger partial charge in [-0.3, -0.25) is 0 Å². The predicted molar refractivity (Wildman–Crippen MR) is 57.5 cm³/mol. The van der Waals surface area contributed by atoms with Crippen LogP contribution in [0.3, 0.4) is 0 Å². The summed E-state index contributed by atoms with van der Waals surface area (Å²) in [6.45, 7) is -0.559. The molecule has 1 heterocycles. The van der Waals surface area contributed by atoms with Crippen molar-refractivity contribution in [3.63, 3.8) is 0 Å². The molecule has 0 fully saturated rings. The summed E-state index contributed by atoms with van der Waals surface area (Å²) < 4.78 is 19.7. The quantitative estimate of drug-likeness (QED) is 0.835. The highest BCUT2D eigenvalue weighted by Crippen LogP contribution is 2.21. The van der Waals surface area contributed by atoms with Gasteiger partial charge in [-0.1, -0.05) is 18.2 Å². The molecule has 0 radical (unpaired) electrons. The lowest BCUT2D eigenvalue weighted by Crippen LogP contribution is -1.92. The number of oxazole rings is 1. The topological polar surface area (TPSA) is 46.3 Å². The summed E-state index contributed by atoms with van der Waals surface area (Å²) in [6, 6.07) is 9.37. The van der Waals surface area contributed by atoms with E-state index in [1.54, 1.807) is 6.92 Å². The average molecular weight is 205 g/mol. The summed E-state index contributed by atoms with van der Waals surface area (Å²) in [4.78, 5) is 4.20. The zero-order valence-electron chi connectivity index (χ0n) is 10.4. The van der Waals surface area contributed by atoms with Crippen molar-refractivity contribution < 1.29 is 12.3 Å². The van der Waals surface area contributed by atoms with Gasteiger partial charge in [0.05, 0.1) is 8.44 Å². The lowest BCUT2D eigenvalue weighted by atomic mass is 10.2. The van der Waals surface area contributed by atoms with E-state index in [-0.39, 0.29) is 6.42 Å². The van der Waals surface area contributed by atoms with Crippen LogP contribution in [0.1, 0.15) is 14.2 Å². The smallest absolute Gasteiger partial charge is 0.226 e. The summed E-state index contributed by atoms with van der Waals surface area (Å²) >= 11 is 0. The minimum atomic E-state index is -2.27. The molecule has 0 aliphatic heterocycles. The van der Waals surface area contributed by atoms with Crippen molar-refractivity contribution in [3.8, 4) is 11.5 Å². The first kappa shape index (κ1) is 7.65. The van der Waals surface area contributed by atoms with Crippen LogP contribution in [0.5, 0.6) is 0 Å². The number of nitrogens with zero attached hydrogens (tertiary/aromatic N) is 1. The van der Waals surface area contributed by atoms with Crippen LogP contribution in [0, 0.1) is 6.92 Å². The molecule has 2 rings (SSSR count). The number of rotatable bonds is 3. The van der Waals surface area contributed by atoms with Crippen LogP contribution >= 0.6 is 0 Å². The van der Waals surface area contributed by atoms with Crippen LogP contribution in [0.4, 0.5) is 0 Å². The molecule has 0 unspecified atom stereocenters. The SMILES string of the molecule is [2H]C([2H])(O)Cc1nc(-c2ccccc2)oc1C. The van der Waals surface area contributed by atoms with Gasteiger partial charge in [0.25, 0.3) is 0 Å². The lowest BCUT2D eigenvalue weighted by Gasteiger charge is -1.92. The molecule has 15 heavy (non-hydrogen) atoms. The lowest BCUT2D eigenvalue weighted by molar-refractivity contribution is 0.297. The maximum absolute atomic E-state index is 9.13. The van der Waals surface area contributed by atoms with Crippen LogP contribution in [0.2, 0.25) is 0 Å². The van der Waals surface area contributed by atoms with E-state index in [1.807, 2.05) is 30.3 Å². The average Bonchev–Trinajstić information content (AvgIpc) is 2.59. The fourth-order valence-electron chi connectivity index (χ4n) is 1.37. The van der Waals surface area contributed by atoms with Gasteiger partial charge >= 0.3 is 0 Å². The zero-order chi connectivity index (χ0) is 12.5. The van der Waals surface area contributed by atoms with E-state index in [9.17, 15) is 0 Å². The number of aliphatic hydroxyl groups is 1. The van der Waals surface area contributed by atoms with Crippen molar-refractivity contribution in [1.82, 2.24) is 4.98 Å². The molecule has 0 aliphatic carbocycles. The molecule has 1 aromatic carbocycles. The van der Waals surface area contributed by atoms with Gasteiger partial charge in [0.1, 0.15) is 5.76 Å². The molecule has 0 aliphatic rings. The van der Waals surface area contributed by atoms with E-state index in [2.05, 4.69) is 4.98 Å². The maximum atomic E-state index is 9.13. The molecule has 3 heteroatoms. The van der Waals surface area contributed by atoms with Crippen LogP contribution in [-0.4, -0.2) is 16.6 Å². The van der Waals surface area contributed by atoms with Gasteiger partial charge in [-0.05, 0) is 19.1 Å². The molecule has 0 spiro atoms. The highest BCUT2D eigenvalue weighted by atomic mass is 16.4. The van der Waals surface area contributed by atoms with Crippen molar-refractivity contribution in [2.45, 2.75) is 13.3 Å². The molecule has 78 valence electrons. The van der Waals surface area contributed by atoms with Gasteiger partial charge in [-0.25, -0.2) is 4.98 Å². The molecule has 3 nitrogen and oxygen atoms in total. The van der Waals surface area contributed by atoms with Crippen LogP contribution in [0.15, 0.2) is 34.7 Å². The minimum Gasteiger partial charge on any atom is -0.441 e. The normalized spacial score (nSPS) is 13.5. The molecule has 0 bridgehead atoms. The Kier molecular flexibility index (Phi) is 2.18. The van der Waals surface area contributed by atoms with Crippen molar-refractivity contribution in [1.29, 1.82) is 0 Å². The Morgan fingerprint density at radius 2 is 2.13 bits per heavy atom. The van der Waals surface area contributed by atoms with E-state index in [0.29, 0.717) is 17.3 Å². The molecular formula is C12H13NO2. The van der Waals surface area contributed by atoms with Crippen LogP contribution in [-0.2, 0) is 6.42 Å². The standard InChI is InChI=1S/C12H13NO2/c1-9-11(7-8-14)13-12(15-9)10-5-3-2-4-6-10/h2-6,14H,7-8H2,1H3/i8D2. The van der Waals surface area contributed by atoms with E-state index >= 15 is 0 Å². The zero-order valence-corrected chi connectivity index (χ0v) is 8.40. The first-order chi connectivity index (χ1) is 7.96. The highest BCUT2D eigenvalue weighted by molar-refractivity contribution is 5.53. The van der Waals surface area contributed by atoms with E-state index in [4.69, 9.17) is 12.3 Å². The van der Waals surface area contributed by atoms with Crippen molar-refractivity contribution >= 4 is 0 Å². The monoisotopic (exact) mass is 205 g/mol. The largest absolute Gasteiger partial charge is 0.441 e. The van der Waals surface area contributed by atoms with E-state index in [0.717, 1.165) is 5.56 Å². The molecular weight excluding hydrogens is 190 g/mol. The summed E-state index contributed by atoms with van der Waals surface area (Å²) in [5.74, 6) is 0.976. The summed E-state index contributed by atoms with van der Waals surface area (Å²) in [6.07, 6.45) is -0.171.